The summed E-state index contributed by atoms with van der Waals surface area (Å²) >= 11 is 1.46. The van der Waals surface area contributed by atoms with Gasteiger partial charge in [-0.25, -0.2) is 4.98 Å². The van der Waals surface area contributed by atoms with E-state index in [0.717, 1.165) is 45.3 Å². The number of thiophene rings is 1. The Morgan fingerprint density at radius 3 is 2.77 bits per heavy atom. The number of hydrogen-bond acceptors (Lipinski definition) is 5. The van der Waals surface area contributed by atoms with E-state index in [2.05, 4.69) is 22.9 Å². The summed E-state index contributed by atoms with van der Waals surface area (Å²) in [7, 11) is 0. The lowest BCUT2D eigenvalue weighted by Gasteiger charge is -2.18. The second kappa shape index (κ2) is 8.07. The highest BCUT2D eigenvalue weighted by atomic mass is 32.1. The van der Waals surface area contributed by atoms with Gasteiger partial charge < -0.3 is 19.4 Å². The molecule has 1 unspecified atom stereocenters. The zero-order valence-corrected chi connectivity index (χ0v) is 18.2. The monoisotopic (exact) mass is 433 g/mol. The lowest BCUT2D eigenvalue weighted by Crippen LogP contribution is -2.28. The first-order valence-electron chi connectivity index (χ1n) is 10.4. The molecular formula is C24H23N3O3S. The number of carbonyl (C=O) groups is 1. The number of ether oxygens (including phenoxy) is 2. The number of amides is 1. The SMILES string of the molecule is CCn1c(C(C)NC(=O)c2ccc(-c3ccc4c(c3)OCCO4)s2)nc2ccccc21. The number of imidazole rings is 1. The quantitative estimate of drug-likeness (QED) is 0.479. The smallest absolute Gasteiger partial charge is 0.261 e. The van der Waals surface area contributed by atoms with Gasteiger partial charge in [0, 0.05) is 11.4 Å². The van der Waals surface area contributed by atoms with Crippen LogP contribution in [0, 0.1) is 0 Å². The normalized spacial score (nSPS) is 13.9. The third-order valence-electron chi connectivity index (χ3n) is 5.39. The van der Waals surface area contributed by atoms with Crippen LogP contribution in [0.25, 0.3) is 21.5 Å². The number of carbonyl (C=O) groups excluding carboxylic acids is 1. The van der Waals surface area contributed by atoms with Gasteiger partial charge >= 0.3 is 0 Å². The predicted octanol–water partition coefficient (Wildman–Crippen LogP) is 5.05. The van der Waals surface area contributed by atoms with Crippen molar-refractivity contribution in [3.05, 3.63) is 65.3 Å². The van der Waals surface area contributed by atoms with Gasteiger partial charge in [0.05, 0.1) is 22.0 Å². The first kappa shape index (κ1) is 19.6. The minimum absolute atomic E-state index is 0.101. The van der Waals surface area contributed by atoms with Crippen LogP contribution >= 0.6 is 11.3 Å². The average molecular weight is 434 g/mol. The zero-order chi connectivity index (χ0) is 21.4. The van der Waals surface area contributed by atoms with Crippen molar-refractivity contribution < 1.29 is 14.3 Å². The Bertz CT molecular complexity index is 1260. The Balaban J connectivity index is 1.35. The number of aromatic nitrogens is 2. The molecule has 2 aromatic carbocycles. The molecule has 5 rings (SSSR count). The standard InChI is InChI=1S/C24H23N3O3S/c1-3-27-18-7-5-4-6-17(18)26-23(27)15(2)25-24(28)22-11-10-21(31-22)16-8-9-19-20(14-16)30-13-12-29-19/h4-11,14-15H,3,12-13H2,1-2H3,(H,25,28). The van der Waals surface area contributed by atoms with Gasteiger partial charge in [-0.3, -0.25) is 4.79 Å². The van der Waals surface area contributed by atoms with Crippen LogP contribution in [0.4, 0.5) is 0 Å². The van der Waals surface area contributed by atoms with E-state index in [9.17, 15) is 4.79 Å². The highest BCUT2D eigenvalue weighted by Gasteiger charge is 2.20. The molecule has 1 amide bonds. The van der Waals surface area contributed by atoms with E-state index in [1.165, 1.54) is 11.3 Å². The van der Waals surface area contributed by atoms with Crippen LogP contribution in [-0.2, 0) is 6.54 Å². The molecule has 0 radical (unpaired) electrons. The van der Waals surface area contributed by atoms with Gasteiger partial charge in [0.25, 0.3) is 5.91 Å². The predicted molar refractivity (Wildman–Crippen MR) is 122 cm³/mol. The second-order valence-electron chi connectivity index (χ2n) is 7.42. The molecule has 1 N–H and O–H groups in total. The number of benzene rings is 2. The third-order valence-corrected chi connectivity index (χ3v) is 6.52. The van der Waals surface area contributed by atoms with E-state index in [1.54, 1.807) is 0 Å². The highest BCUT2D eigenvalue weighted by Crippen LogP contribution is 2.37. The van der Waals surface area contributed by atoms with Gasteiger partial charge in [-0.05, 0) is 61.9 Å². The molecule has 0 aliphatic carbocycles. The van der Waals surface area contributed by atoms with Crippen LogP contribution < -0.4 is 14.8 Å². The molecule has 6 nitrogen and oxygen atoms in total. The summed E-state index contributed by atoms with van der Waals surface area (Å²) in [5.41, 5.74) is 3.03. The molecule has 0 spiro atoms. The van der Waals surface area contributed by atoms with Crippen molar-refractivity contribution in [2.75, 3.05) is 13.2 Å². The number of aryl methyl sites for hydroxylation is 1. The lowest BCUT2D eigenvalue weighted by molar-refractivity contribution is 0.0942. The number of nitrogens with one attached hydrogen (secondary N) is 1. The van der Waals surface area contributed by atoms with Crippen molar-refractivity contribution in [1.82, 2.24) is 14.9 Å². The van der Waals surface area contributed by atoms with Crippen molar-refractivity contribution >= 4 is 28.3 Å². The maximum absolute atomic E-state index is 12.9. The summed E-state index contributed by atoms with van der Waals surface area (Å²) in [6.45, 7) is 5.98. The Hall–Kier alpha value is -3.32. The summed E-state index contributed by atoms with van der Waals surface area (Å²) in [5, 5.41) is 3.11. The molecule has 1 atom stereocenters. The van der Waals surface area contributed by atoms with Gasteiger partial charge in [-0.2, -0.15) is 0 Å². The third kappa shape index (κ3) is 3.65. The Labute approximate surface area is 184 Å². The van der Waals surface area contributed by atoms with E-state index >= 15 is 0 Å². The van der Waals surface area contributed by atoms with Gasteiger partial charge in [0.15, 0.2) is 11.5 Å². The minimum atomic E-state index is -0.209. The molecule has 2 aromatic heterocycles. The molecule has 0 bridgehead atoms. The van der Waals surface area contributed by atoms with E-state index in [0.29, 0.717) is 18.1 Å². The topological polar surface area (TPSA) is 65.4 Å². The first-order chi connectivity index (χ1) is 15.1. The van der Waals surface area contributed by atoms with Crippen LogP contribution in [0.2, 0.25) is 0 Å². The van der Waals surface area contributed by atoms with Gasteiger partial charge in [0.1, 0.15) is 19.0 Å². The van der Waals surface area contributed by atoms with E-state index in [4.69, 9.17) is 14.5 Å². The van der Waals surface area contributed by atoms with Crippen molar-refractivity contribution in [2.24, 2.45) is 0 Å². The Morgan fingerprint density at radius 1 is 1.13 bits per heavy atom. The van der Waals surface area contributed by atoms with E-state index < -0.39 is 0 Å². The first-order valence-corrected chi connectivity index (χ1v) is 11.2. The van der Waals surface area contributed by atoms with Gasteiger partial charge in [-0.1, -0.05) is 12.1 Å². The fraction of sp³-hybridized carbons (Fsp3) is 0.250. The molecule has 1 aliphatic rings. The van der Waals surface area contributed by atoms with Crippen molar-refractivity contribution in [3.8, 4) is 21.9 Å². The molecule has 0 fully saturated rings. The average Bonchev–Trinajstić information content (AvgIpc) is 3.44. The fourth-order valence-electron chi connectivity index (χ4n) is 3.90. The van der Waals surface area contributed by atoms with E-state index in [1.807, 2.05) is 55.5 Å². The molecule has 4 aromatic rings. The van der Waals surface area contributed by atoms with Crippen LogP contribution in [0.15, 0.2) is 54.6 Å². The summed E-state index contributed by atoms with van der Waals surface area (Å²) in [6.07, 6.45) is 0. The molecule has 1 aliphatic heterocycles. The number of hydrogen-bond donors (Lipinski definition) is 1. The molecule has 0 saturated carbocycles. The molecule has 0 saturated heterocycles. The number of rotatable bonds is 5. The van der Waals surface area contributed by atoms with Crippen LogP contribution in [-0.4, -0.2) is 28.7 Å². The maximum Gasteiger partial charge on any atom is 0.261 e. The minimum Gasteiger partial charge on any atom is -0.486 e. The fourth-order valence-corrected chi connectivity index (χ4v) is 4.81. The van der Waals surface area contributed by atoms with Gasteiger partial charge in [0.2, 0.25) is 0 Å². The van der Waals surface area contributed by atoms with Crippen molar-refractivity contribution in [2.45, 2.75) is 26.4 Å². The maximum atomic E-state index is 12.9. The highest BCUT2D eigenvalue weighted by molar-refractivity contribution is 7.17. The molecule has 7 heteroatoms. The number of nitrogens with zero attached hydrogens (tertiary/aromatic N) is 2. The largest absolute Gasteiger partial charge is 0.486 e. The Morgan fingerprint density at radius 2 is 1.94 bits per heavy atom. The summed E-state index contributed by atoms with van der Waals surface area (Å²) < 4.78 is 13.4. The molecule has 3 heterocycles. The second-order valence-corrected chi connectivity index (χ2v) is 8.50. The zero-order valence-electron chi connectivity index (χ0n) is 17.4. The van der Waals surface area contributed by atoms with E-state index in [-0.39, 0.29) is 11.9 Å². The molecular weight excluding hydrogens is 410 g/mol. The Kier molecular flexibility index (Phi) is 5.11. The summed E-state index contributed by atoms with van der Waals surface area (Å²) in [6, 6.07) is 17.5. The summed E-state index contributed by atoms with van der Waals surface area (Å²) in [5.74, 6) is 2.27. The van der Waals surface area contributed by atoms with Gasteiger partial charge in [-0.15, -0.1) is 11.3 Å². The number of para-hydroxylation sites is 2. The van der Waals surface area contributed by atoms with Crippen LogP contribution in [0.3, 0.4) is 0 Å². The van der Waals surface area contributed by atoms with Crippen LogP contribution in [0.1, 0.15) is 35.4 Å². The molecule has 31 heavy (non-hydrogen) atoms. The van der Waals surface area contributed by atoms with Crippen molar-refractivity contribution in [1.29, 1.82) is 0 Å². The van der Waals surface area contributed by atoms with Crippen LogP contribution in [0.5, 0.6) is 11.5 Å². The molecule has 158 valence electrons. The number of fused-ring (bicyclic) bond motifs is 2. The van der Waals surface area contributed by atoms with Crippen molar-refractivity contribution in [3.63, 3.8) is 0 Å². The lowest BCUT2D eigenvalue weighted by atomic mass is 10.1. The summed E-state index contributed by atoms with van der Waals surface area (Å²) in [4.78, 5) is 19.4.